The van der Waals surface area contributed by atoms with Gasteiger partial charge in [-0.25, -0.2) is 4.39 Å². The van der Waals surface area contributed by atoms with E-state index in [0.717, 1.165) is 0 Å². The van der Waals surface area contributed by atoms with Crippen LogP contribution in [0.2, 0.25) is 0 Å². The van der Waals surface area contributed by atoms with E-state index in [4.69, 9.17) is 5.26 Å². The van der Waals surface area contributed by atoms with Gasteiger partial charge in [-0.3, -0.25) is 4.79 Å². The summed E-state index contributed by atoms with van der Waals surface area (Å²) in [6.45, 7) is 4.91. The van der Waals surface area contributed by atoms with Crippen LogP contribution < -0.4 is 5.32 Å². The molecule has 0 fully saturated rings. The van der Waals surface area contributed by atoms with Crippen molar-refractivity contribution in [2.45, 2.75) is 6.92 Å². The van der Waals surface area contributed by atoms with Gasteiger partial charge in [-0.15, -0.1) is 0 Å². The Labute approximate surface area is 104 Å². The first-order chi connectivity index (χ1) is 8.45. The molecule has 0 saturated heterocycles. The molecule has 0 unspecified atom stereocenters. The number of benzene rings is 1. The molecule has 0 saturated carbocycles. The standard InChI is InChI=1S/C13H11FN2O2/c1-8(2)12(17)11(7-15)13(18)16-10-5-3-9(14)4-6-10/h3-6,17H,1H2,2H3,(H,16,18)/b12-11-. The summed E-state index contributed by atoms with van der Waals surface area (Å²) in [4.78, 5) is 11.7. The molecule has 1 aromatic carbocycles. The molecule has 4 nitrogen and oxygen atoms in total. The average molecular weight is 246 g/mol. The van der Waals surface area contributed by atoms with E-state index in [1.54, 1.807) is 6.07 Å². The molecule has 1 amide bonds. The van der Waals surface area contributed by atoms with E-state index in [1.807, 2.05) is 0 Å². The van der Waals surface area contributed by atoms with E-state index in [-0.39, 0.29) is 5.57 Å². The van der Waals surface area contributed by atoms with Crippen LogP contribution in [0.5, 0.6) is 0 Å². The normalized spacial score (nSPS) is 11.2. The number of halogens is 1. The molecule has 0 aromatic heterocycles. The lowest BCUT2D eigenvalue weighted by Crippen LogP contribution is -2.15. The number of aliphatic hydroxyl groups excluding tert-OH is 1. The summed E-state index contributed by atoms with van der Waals surface area (Å²) in [5.41, 5.74) is 0.0938. The summed E-state index contributed by atoms with van der Waals surface area (Å²) in [7, 11) is 0. The zero-order valence-electron chi connectivity index (χ0n) is 9.70. The Kier molecular flexibility index (Phi) is 4.22. The lowest BCUT2D eigenvalue weighted by Gasteiger charge is -2.06. The second-order valence-corrected chi connectivity index (χ2v) is 3.58. The highest BCUT2D eigenvalue weighted by molar-refractivity contribution is 6.07. The van der Waals surface area contributed by atoms with Gasteiger partial charge in [0, 0.05) is 5.69 Å². The number of allylic oxidation sites excluding steroid dienone is 1. The van der Waals surface area contributed by atoms with Crippen molar-refractivity contribution in [3.63, 3.8) is 0 Å². The van der Waals surface area contributed by atoms with Gasteiger partial charge in [0.25, 0.3) is 5.91 Å². The van der Waals surface area contributed by atoms with Crippen molar-refractivity contribution < 1.29 is 14.3 Å². The van der Waals surface area contributed by atoms with E-state index < -0.39 is 23.1 Å². The SMILES string of the molecule is C=C(C)/C(O)=C(\C#N)C(=O)Nc1ccc(F)cc1. The maximum absolute atomic E-state index is 12.7. The zero-order valence-corrected chi connectivity index (χ0v) is 9.70. The molecule has 5 heteroatoms. The Balaban J connectivity index is 2.95. The van der Waals surface area contributed by atoms with Gasteiger partial charge in [0.2, 0.25) is 0 Å². The third-order valence-corrected chi connectivity index (χ3v) is 2.08. The number of anilines is 1. The molecule has 0 radical (unpaired) electrons. The number of hydrogen-bond acceptors (Lipinski definition) is 3. The molecular formula is C13H11FN2O2. The van der Waals surface area contributed by atoms with Gasteiger partial charge in [-0.1, -0.05) is 6.58 Å². The van der Waals surface area contributed by atoms with Crippen LogP contribution in [0.15, 0.2) is 47.7 Å². The number of carbonyl (C=O) groups is 1. The minimum Gasteiger partial charge on any atom is -0.506 e. The molecule has 0 atom stereocenters. The van der Waals surface area contributed by atoms with Gasteiger partial charge in [-0.05, 0) is 36.8 Å². The van der Waals surface area contributed by atoms with Gasteiger partial charge >= 0.3 is 0 Å². The lowest BCUT2D eigenvalue weighted by atomic mass is 10.1. The maximum atomic E-state index is 12.7. The van der Waals surface area contributed by atoms with Crippen molar-refractivity contribution in [3.05, 3.63) is 53.6 Å². The van der Waals surface area contributed by atoms with Crippen LogP contribution in [0.25, 0.3) is 0 Å². The molecule has 0 aliphatic rings. The third-order valence-electron chi connectivity index (χ3n) is 2.08. The highest BCUT2D eigenvalue weighted by atomic mass is 19.1. The molecule has 1 aromatic rings. The molecule has 92 valence electrons. The topological polar surface area (TPSA) is 73.1 Å². The summed E-state index contributed by atoms with van der Waals surface area (Å²) < 4.78 is 12.7. The first-order valence-corrected chi connectivity index (χ1v) is 5.02. The number of nitrogens with one attached hydrogen (secondary N) is 1. The third kappa shape index (κ3) is 3.19. The second-order valence-electron chi connectivity index (χ2n) is 3.58. The number of aliphatic hydroxyl groups is 1. The number of rotatable bonds is 3. The smallest absolute Gasteiger partial charge is 0.270 e. The molecule has 0 aliphatic carbocycles. The fraction of sp³-hybridized carbons (Fsp3) is 0.0769. The largest absolute Gasteiger partial charge is 0.506 e. The van der Waals surface area contributed by atoms with Crippen LogP contribution in [-0.2, 0) is 4.79 Å². The highest BCUT2D eigenvalue weighted by Crippen LogP contribution is 2.13. The van der Waals surface area contributed by atoms with Crippen LogP contribution in [0.1, 0.15) is 6.92 Å². The van der Waals surface area contributed by atoms with Crippen molar-refractivity contribution in [2.75, 3.05) is 5.32 Å². The van der Waals surface area contributed by atoms with E-state index in [2.05, 4.69) is 11.9 Å². The molecule has 0 bridgehead atoms. The summed E-state index contributed by atoms with van der Waals surface area (Å²) in [5.74, 6) is -1.67. The number of hydrogen-bond donors (Lipinski definition) is 2. The Morgan fingerprint density at radius 1 is 1.44 bits per heavy atom. The quantitative estimate of drug-likeness (QED) is 0.372. The number of nitrogens with zero attached hydrogens (tertiary/aromatic N) is 1. The predicted molar refractivity (Wildman–Crippen MR) is 65.1 cm³/mol. The molecule has 0 spiro atoms. The fourth-order valence-electron chi connectivity index (χ4n) is 1.15. The molecule has 2 N–H and O–H groups in total. The Morgan fingerprint density at radius 3 is 2.44 bits per heavy atom. The fourth-order valence-corrected chi connectivity index (χ4v) is 1.15. The van der Waals surface area contributed by atoms with Crippen molar-refractivity contribution in [3.8, 4) is 6.07 Å². The number of amides is 1. The minimum atomic E-state index is -0.774. The van der Waals surface area contributed by atoms with Crippen molar-refractivity contribution >= 4 is 11.6 Å². The monoisotopic (exact) mass is 246 g/mol. The van der Waals surface area contributed by atoms with E-state index in [1.165, 1.54) is 31.2 Å². The molecule has 1 rings (SSSR count). The summed E-state index contributed by atoms with van der Waals surface area (Å²) in [5, 5.41) is 20.7. The number of nitriles is 1. The van der Waals surface area contributed by atoms with E-state index in [9.17, 15) is 14.3 Å². The zero-order chi connectivity index (χ0) is 13.7. The van der Waals surface area contributed by atoms with Crippen LogP contribution in [0.4, 0.5) is 10.1 Å². The van der Waals surface area contributed by atoms with Gasteiger partial charge in [0.1, 0.15) is 17.6 Å². The van der Waals surface area contributed by atoms with Gasteiger partial charge < -0.3 is 10.4 Å². The lowest BCUT2D eigenvalue weighted by molar-refractivity contribution is -0.112. The maximum Gasteiger partial charge on any atom is 0.270 e. The Bertz CT molecular complexity index is 553. The molecule has 0 heterocycles. The molecule has 18 heavy (non-hydrogen) atoms. The Morgan fingerprint density at radius 2 is 2.00 bits per heavy atom. The van der Waals surface area contributed by atoms with E-state index >= 15 is 0 Å². The van der Waals surface area contributed by atoms with Crippen molar-refractivity contribution in [2.24, 2.45) is 0 Å². The molecular weight excluding hydrogens is 235 g/mol. The van der Waals surface area contributed by atoms with Crippen LogP contribution in [0, 0.1) is 17.1 Å². The van der Waals surface area contributed by atoms with E-state index in [0.29, 0.717) is 5.69 Å². The van der Waals surface area contributed by atoms with Crippen LogP contribution in [-0.4, -0.2) is 11.0 Å². The van der Waals surface area contributed by atoms with Crippen molar-refractivity contribution in [1.82, 2.24) is 0 Å². The summed E-state index contributed by atoms with van der Waals surface area (Å²) >= 11 is 0. The van der Waals surface area contributed by atoms with Crippen molar-refractivity contribution in [1.29, 1.82) is 5.26 Å². The predicted octanol–water partition coefficient (Wildman–Crippen LogP) is 2.68. The van der Waals surface area contributed by atoms with Crippen LogP contribution in [0.3, 0.4) is 0 Å². The molecule has 0 aliphatic heterocycles. The second kappa shape index (κ2) is 5.64. The van der Waals surface area contributed by atoms with Gasteiger partial charge in [0.15, 0.2) is 5.57 Å². The van der Waals surface area contributed by atoms with Gasteiger partial charge in [-0.2, -0.15) is 5.26 Å². The summed E-state index contributed by atoms with van der Waals surface area (Å²) in [6, 6.07) is 6.63. The first kappa shape index (κ1) is 13.5. The Hall–Kier alpha value is -2.61. The minimum absolute atomic E-state index is 0.209. The first-order valence-electron chi connectivity index (χ1n) is 5.02. The highest BCUT2D eigenvalue weighted by Gasteiger charge is 2.15. The van der Waals surface area contributed by atoms with Crippen LogP contribution >= 0.6 is 0 Å². The van der Waals surface area contributed by atoms with Gasteiger partial charge in [0.05, 0.1) is 0 Å². The number of carbonyl (C=O) groups excluding carboxylic acids is 1. The average Bonchev–Trinajstić information content (AvgIpc) is 2.32. The summed E-state index contributed by atoms with van der Waals surface area (Å²) in [6.07, 6.45) is 0.